The summed E-state index contributed by atoms with van der Waals surface area (Å²) in [4.78, 5) is 2.49. The third-order valence-electron chi connectivity index (χ3n) is 1.82. The van der Waals surface area contributed by atoms with Gasteiger partial charge in [0, 0.05) is 4.88 Å². The van der Waals surface area contributed by atoms with Crippen LogP contribution in [0.1, 0.15) is 4.88 Å². The summed E-state index contributed by atoms with van der Waals surface area (Å²) in [6, 6.07) is 8.06. The summed E-state index contributed by atoms with van der Waals surface area (Å²) in [5.41, 5.74) is 5.47. The van der Waals surface area contributed by atoms with Crippen molar-refractivity contribution < 1.29 is 4.42 Å². The van der Waals surface area contributed by atoms with Gasteiger partial charge in [0.2, 0.25) is 0 Å². The molecule has 0 fully saturated rings. The second kappa shape index (κ2) is 3.77. The molecule has 0 bridgehead atoms. The Bertz CT molecular complexity index is 364. The first-order chi connectivity index (χ1) is 6.40. The first-order valence-corrected chi connectivity index (χ1v) is 5.04. The molecule has 2 aromatic rings. The topological polar surface area (TPSA) is 39.2 Å². The van der Waals surface area contributed by atoms with Gasteiger partial charge in [-0.2, -0.15) is 0 Å². The lowest BCUT2D eigenvalue weighted by Crippen LogP contribution is -2.00. The Morgan fingerprint density at radius 1 is 1.31 bits per heavy atom. The van der Waals surface area contributed by atoms with Gasteiger partial charge in [0.1, 0.15) is 5.76 Å². The molecule has 0 aliphatic carbocycles. The SMILES string of the molecule is NCCc1ccc(-c2ccco2)s1. The van der Waals surface area contributed by atoms with Gasteiger partial charge >= 0.3 is 0 Å². The van der Waals surface area contributed by atoms with Crippen molar-refractivity contribution in [1.82, 2.24) is 0 Å². The Kier molecular flexibility index (Phi) is 2.47. The van der Waals surface area contributed by atoms with E-state index in [9.17, 15) is 0 Å². The van der Waals surface area contributed by atoms with E-state index in [0.717, 1.165) is 12.2 Å². The van der Waals surface area contributed by atoms with Crippen LogP contribution in [0.4, 0.5) is 0 Å². The van der Waals surface area contributed by atoms with Crippen molar-refractivity contribution in [2.24, 2.45) is 5.73 Å². The van der Waals surface area contributed by atoms with Crippen LogP contribution in [-0.4, -0.2) is 6.54 Å². The van der Waals surface area contributed by atoms with E-state index >= 15 is 0 Å². The predicted octanol–water partition coefficient (Wildman–Crippen LogP) is 2.51. The molecule has 13 heavy (non-hydrogen) atoms. The normalized spacial score (nSPS) is 10.5. The van der Waals surface area contributed by atoms with Crippen molar-refractivity contribution in [2.45, 2.75) is 6.42 Å². The first kappa shape index (κ1) is 8.53. The molecule has 0 aromatic carbocycles. The third kappa shape index (κ3) is 1.82. The van der Waals surface area contributed by atoms with Gasteiger partial charge in [-0.15, -0.1) is 11.3 Å². The lowest BCUT2D eigenvalue weighted by Gasteiger charge is -1.90. The van der Waals surface area contributed by atoms with Crippen LogP contribution in [0, 0.1) is 0 Å². The average molecular weight is 193 g/mol. The van der Waals surface area contributed by atoms with Crippen LogP contribution in [-0.2, 0) is 6.42 Å². The molecule has 68 valence electrons. The van der Waals surface area contributed by atoms with E-state index in [1.807, 2.05) is 12.1 Å². The quantitative estimate of drug-likeness (QED) is 0.813. The van der Waals surface area contributed by atoms with Crippen molar-refractivity contribution in [1.29, 1.82) is 0 Å². The van der Waals surface area contributed by atoms with Crippen LogP contribution in [0.3, 0.4) is 0 Å². The molecule has 0 radical (unpaired) electrons. The first-order valence-electron chi connectivity index (χ1n) is 4.23. The van der Waals surface area contributed by atoms with Gasteiger partial charge in [0.25, 0.3) is 0 Å². The predicted molar refractivity (Wildman–Crippen MR) is 54.8 cm³/mol. The van der Waals surface area contributed by atoms with Crippen molar-refractivity contribution in [3.05, 3.63) is 35.4 Å². The fourth-order valence-corrected chi connectivity index (χ4v) is 2.20. The highest BCUT2D eigenvalue weighted by atomic mass is 32.1. The van der Waals surface area contributed by atoms with Gasteiger partial charge in [-0.3, -0.25) is 0 Å². The minimum atomic E-state index is 0.706. The highest BCUT2D eigenvalue weighted by molar-refractivity contribution is 7.15. The number of thiophene rings is 1. The van der Waals surface area contributed by atoms with Crippen LogP contribution < -0.4 is 5.73 Å². The number of hydrogen-bond donors (Lipinski definition) is 1. The molecule has 0 aliphatic heterocycles. The van der Waals surface area contributed by atoms with Gasteiger partial charge in [0.05, 0.1) is 11.1 Å². The molecule has 3 heteroatoms. The molecule has 0 unspecified atom stereocenters. The Morgan fingerprint density at radius 2 is 2.23 bits per heavy atom. The van der Waals surface area contributed by atoms with Crippen LogP contribution in [0.25, 0.3) is 10.6 Å². The molecular formula is C10H11NOS. The summed E-state index contributed by atoms with van der Waals surface area (Å²) in [6.07, 6.45) is 2.64. The van der Waals surface area contributed by atoms with E-state index in [1.165, 1.54) is 9.75 Å². The van der Waals surface area contributed by atoms with Crippen molar-refractivity contribution in [3.63, 3.8) is 0 Å². The smallest absolute Gasteiger partial charge is 0.143 e. The maximum absolute atomic E-state index is 5.47. The molecular weight excluding hydrogens is 182 g/mol. The molecule has 2 N–H and O–H groups in total. The molecule has 2 rings (SSSR count). The Labute approximate surface area is 81.0 Å². The second-order valence-electron chi connectivity index (χ2n) is 2.78. The fourth-order valence-electron chi connectivity index (χ4n) is 1.21. The number of rotatable bonds is 3. The minimum absolute atomic E-state index is 0.706. The van der Waals surface area contributed by atoms with Gasteiger partial charge < -0.3 is 10.2 Å². The highest BCUT2D eigenvalue weighted by Gasteiger charge is 2.03. The van der Waals surface area contributed by atoms with Gasteiger partial charge in [-0.1, -0.05) is 0 Å². The molecule has 0 saturated heterocycles. The summed E-state index contributed by atoms with van der Waals surface area (Å²) in [7, 11) is 0. The Hall–Kier alpha value is -1.06. The largest absolute Gasteiger partial charge is 0.464 e. The molecule has 0 amide bonds. The number of furan rings is 1. The lowest BCUT2D eigenvalue weighted by atomic mass is 10.3. The Balaban J connectivity index is 2.23. The zero-order chi connectivity index (χ0) is 9.10. The second-order valence-corrected chi connectivity index (χ2v) is 3.95. The van der Waals surface area contributed by atoms with Crippen LogP contribution in [0.2, 0.25) is 0 Å². The van der Waals surface area contributed by atoms with Crippen LogP contribution >= 0.6 is 11.3 Å². The van der Waals surface area contributed by atoms with E-state index in [2.05, 4.69) is 12.1 Å². The summed E-state index contributed by atoms with van der Waals surface area (Å²) >= 11 is 1.74. The minimum Gasteiger partial charge on any atom is -0.464 e. The van der Waals surface area contributed by atoms with Crippen molar-refractivity contribution >= 4 is 11.3 Å². The lowest BCUT2D eigenvalue weighted by molar-refractivity contribution is 0.584. The maximum atomic E-state index is 5.47. The highest BCUT2D eigenvalue weighted by Crippen LogP contribution is 2.28. The van der Waals surface area contributed by atoms with Crippen LogP contribution in [0.15, 0.2) is 34.9 Å². The molecule has 2 nitrogen and oxygen atoms in total. The number of nitrogens with two attached hydrogens (primary N) is 1. The maximum Gasteiger partial charge on any atom is 0.143 e. The molecule has 0 spiro atoms. The Morgan fingerprint density at radius 3 is 2.92 bits per heavy atom. The molecule has 0 aliphatic rings. The standard InChI is InChI=1S/C10H11NOS/c11-6-5-8-3-4-10(13-8)9-2-1-7-12-9/h1-4,7H,5-6,11H2. The van der Waals surface area contributed by atoms with E-state index in [1.54, 1.807) is 17.6 Å². The van der Waals surface area contributed by atoms with E-state index in [-0.39, 0.29) is 0 Å². The summed E-state index contributed by atoms with van der Waals surface area (Å²) < 4.78 is 5.29. The molecule has 2 heterocycles. The van der Waals surface area contributed by atoms with E-state index in [4.69, 9.17) is 10.2 Å². The van der Waals surface area contributed by atoms with E-state index in [0.29, 0.717) is 6.54 Å². The van der Waals surface area contributed by atoms with Gasteiger partial charge in [-0.25, -0.2) is 0 Å². The van der Waals surface area contributed by atoms with Crippen LogP contribution in [0.5, 0.6) is 0 Å². The van der Waals surface area contributed by atoms with E-state index < -0.39 is 0 Å². The summed E-state index contributed by atoms with van der Waals surface area (Å²) in [6.45, 7) is 0.706. The molecule has 0 atom stereocenters. The third-order valence-corrected chi connectivity index (χ3v) is 2.98. The number of hydrogen-bond acceptors (Lipinski definition) is 3. The monoisotopic (exact) mass is 193 g/mol. The van der Waals surface area contributed by atoms with Gasteiger partial charge in [0.15, 0.2) is 0 Å². The fraction of sp³-hybridized carbons (Fsp3) is 0.200. The molecule has 0 saturated carbocycles. The molecule has 2 aromatic heterocycles. The van der Waals surface area contributed by atoms with Crippen molar-refractivity contribution in [3.8, 4) is 10.6 Å². The van der Waals surface area contributed by atoms with Gasteiger partial charge in [-0.05, 0) is 37.2 Å². The zero-order valence-electron chi connectivity index (χ0n) is 7.19. The summed E-state index contributed by atoms with van der Waals surface area (Å²) in [5.74, 6) is 0.938. The average Bonchev–Trinajstić information content (AvgIpc) is 2.70. The van der Waals surface area contributed by atoms with Crippen molar-refractivity contribution in [2.75, 3.05) is 6.54 Å². The zero-order valence-corrected chi connectivity index (χ0v) is 8.01. The summed E-state index contributed by atoms with van der Waals surface area (Å²) in [5, 5.41) is 0.